The molecular weight excluding hydrogens is 186 g/mol. The van der Waals surface area contributed by atoms with Crippen molar-refractivity contribution in [3.63, 3.8) is 0 Å². The zero-order valence-corrected chi connectivity index (χ0v) is 9.45. The Bertz CT molecular complexity index is 386. The molecule has 2 heteroatoms. The molecule has 0 unspecified atom stereocenters. The van der Waals surface area contributed by atoms with Gasteiger partial charge in [0, 0.05) is 11.1 Å². The quantitative estimate of drug-likeness (QED) is 0.593. The third-order valence-electron chi connectivity index (χ3n) is 2.15. The third-order valence-corrected chi connectivity index (χ3v) is 2.15. The molecule has 80 valence electrons. The predicted octanol–water partition coefficient (Wildman–Crippen LogP) is 2.90. The molecular formula is C13H17NO. The molecule has 0 aromatic heterocycles. The van der Waals surface area contributed by atoms with Crippen LogP contribution in [0.25, 0.3) is 6.08 Å². The number of anilines is 1. The van der Waals surface area contributed by atoms with E-state index >= 15 is 0 Å². The topological polar surface area (TPSA) is 43.1 Å². The van der Waals surface area contributed by atoms with Crippen LogP contribution in [0.2, 0.25) is 0 Å². The Balaban J connectivity index is 2.84. The molecule has 0 bridgehead atoms. The van der Waals surface area contributed by atoms with E-state index in [2.05, 4.69) is 0 Å². The van der Waals surface area contributed by atoms with Gasteiger partial charge in [-0.05, 0) is 23.8 Å². The highest BCUT2D eigenvalue weighted by Crippen LogP contribution is 2.17. The number of nitrogens with two attached hydrogens (primary N) is 1. The zero-order chi connectivity index (χ0) is 11.5. The van der Waals surface area contributed by atoms with Gasteiger partial charge in [0.1, 0.15) is 0 Å². The van der Waals surface area contributed by atoms with Crippen molar-refractivity contribution in [1.29, 1.82) is 0 Å². The Hall–Kier alpha value is -1.57. The zero-order valence-electron chi connectivity index (χ0n) is 9.45. The molecule has 0 fully saturated rings. The predicted molar refractivity (Wildman–Crippen MR) is 64.4 cm³/mol. The fraction of sp³-hybridized carbons (Fsp3) is 0.308. The van der Waals surface area contributed by atoms with Gasteiger partial charge in [-0.1, -0.05) is 39.0 Å². The van der Waals surface area contributed by atoms with Crippen LogP contribution >= 0.6 is 0 Å². The van der Waals surface area contributed by atoms with Crippen LogP contribution in [-0.4, -0.2) is 5.78 Å². The second-order valence-corrected chi connectivity index (χ2v) is 4.58. The molecule has 0 aliphatic rings. The largest absolute Gasteiger partial charge is 0.398 e. The molecule has 0 heterocycles. The monoisotopic (exact) mass is 203 g/mol. The lowest BCUT2D eigenvalue weighted by molar-refractivity contribution is -0.121. The van der Waals surface area contributed by atoms with Gasteiger partial charge in [-0.2, -0.15) is 0 Å². The number of carbonyl (C=O) groups is 1. The van der Waals surface area contributed by atoms with Gasteiger partial charge in [0.05, 0.1) is 0 Å². The summed E-state index contributed by atoms with van der Waals surface area (Å²) in [4.78, 5) is 11.6. The lowest BCUT2D eigenvalue weighted by Crippen LogP contribution is -2.17. The van der Waals surface area contributed by atoms with Crippen molar-refractivity contribution in [2.24, 2.45) is 5.41 Å². The van der Waals surface area contributed by atoms with E-state index in [9.17, 15) is 4.79 Å². The maximum atomic E-state index is 11.6. The highest BCUT2D eigenvalue weighted by molar-refractivity contribution is 5.97. The number of para-hydroxylation sites is 1. The first-order valence-electron chi connectivity index (χ1n) is 4.98. The number of hydrogen-bond acceptors (Lipinski definition) is 2. The summed E-state index contributed by atoms with van der Waals surface area (Å²) in [5.41, 5.74) is 6.99. The summed E-state index contributed by atoms with van der Waals surface area (Å²) in [5, 5.41) is 0. The fourth-order valence-corrected chi connectivity index (χ4v) is 1.08. The number of carbonyl (C=O) groups excluding carboxylic acids is 1. The van der Waals surface area contributed by atoms with Gasteiger partial charge in [0.15, 0.2) is 5.78 Å². The Kier molecular flexibility index (Phi) is 3.30. The van der Waals surface area contributed by atoms with Gasteiger partial charge in [-0.25, -0.2) is 0 Å². The molecule has 0 aliphatic heterocycles. The standard InChI is InChI=1S/C13H17NO/c1-13(2,3)12(15)9-8-10-6-4-5-7-11(10)14/h4-9H,14H2,1-3H3/b9-8+. The van der Waals surface area contributed by atoms with Crippen molar-refractivity contribution in [2.75, 3.05) is 5.73 Å². The average Bonchev–Trinajstić information content (AvgIpc) is 2.14. The van der Waals surface area contributed by atoms with E-state index in [1.165, 1.54) is 0 Å². The third kappa shape index (κ3) is 3.24. The Labute approximate surface area is 90.8 Å². The van der Waals surface area contributed by atoms with E-state index < -0.39 is 0 Å². The summed E-state index contributed by atoms with van der Waals surface area (Å²) in [6.45, 7) is 5.69. The van der Waals surface area contributed by atoms with Crippen LogP contribution in [0.4, 0.5) is 5.69 Å². The first-order chi connectivity index (χ1) is 6.91. The average molecular weight is 203 g/mol. The molecule has 15 heavy (non-hydrogen) atoms. The molecule has 0 atom stereocenters. The summed E-state index contributed by atoms with van der Waals surface area (Å²) in [6.07, 6.45) is 3.36. The van der Waals surface area contributed by atoms with Crippen LogP contribution < -0.4 is 5.73 Å². The number of nitrogen functional groups attached to an aromatic ring is 1. The van der Waals surface area contributed by atoms with Crippen molar-refractivity contribution in [3.8, 4) is 0 Å². The summed E-state index contributed by atoms with van der Waals surface area (Å²) in [5.74, 6) is 0.103. The Morgan fingerprint density at radius 3 is 2.40 bits per heavy atom. The van der Waals surface area contributed by atoms with E-state index in [-0.39, 0.29) is 11.2 Å². The summed E-state index contributed by atoms with van der Waals surface area (Å²) >= 11 is 0. The van der Waals surface area contributed by atoms with Gasteiger partial charge in [0.2, 0.25) is 0 Å². The van der Waals surface area contributed by atoms with Gasteiger partial charge < -0.3 is 5.73 Å². The molecule has 2 nitrogen and oxygen atoms in total. The lowest BCUT2D eigenvalue weighted by Gasteiger charge is -2.12. The van der Waals surface area contributed by atoms with Crippen LogP contribution in [0.5, 0.6) is 0 Å². The first-order valence-corrected chi connectivity index (χ1v) is 4.98. The number of rotatable bonds is 2. The molecule has 1 aromatic rings. The maximum absolute atomic E-state index is 11.6. The van der Waals surface area contributed by atoms with Crippen LogP contribution in [0.3, 0.4) is 0 Å². The highest BCUT2D eigenvalue weighted by atomic mass is 16.1. The summed E-state index contributed by atoms with van der Waals surface area (Å²) in [7, 11) is 0. The Morgan fingerprint density at radius 1 is 1.27 bits per heavy atom. The van der Waals surface area contributed by atoms with Crippen molar-refractivity contribution in [1.82, 2.24) is 0 Å². The van der Waals surface area contributed by atoms with Crippen molar-refractivity contribution in [3.05, 3.63) is 35.9 Å². The molecule has 0 spiro atoms. The van der Waals surface area contributed by atoms with Crippen molar-refractivity contribution < 1.29 is 4.79 Å². The minimum absolute atomic E-state index is 0.103. The Morgan fingerprint density at radius 2 is 1.87 bits per heavy atom. The van der Waals surface area contributed by atoms with Gasteiger partial charge in [0.25, 0.3) is 0 Å². The molecule has 1 rings (SSSR count). The molecule has 0 amide bonds. The first kappa shape index (κ1) is 11.5. The molecule has 0 saturated heterocycles. The number of ketones is 1. The second-order valence-electron chi connectivity index (χ2n) is 4.58. The fourth-order valence-electron chi connectivity index (χ4n) is 1.08. The van der Waals surface area contributed by atoms with E-state index in [0.29, 0.717) is 5.69 Å². The molecule has 0 aliphatic carbocycles. The van der Waals surface area contributed by atoms with Crippen molar-refractivity contribution >= 4 is 17.5 Å². The molecule has 0 radical (unpaired) electrons. The van der Waals surface area contributed by atoms with Crippen LogP contribution in [0.1, 0.15) is 26.3 Å². The van der Waals surface area contributed by atoms with E-state index in [1.807, 2.05) is 45.0 Å². The smallest absolute Gasteiger partial charge is 0.161 e. The van der Waals surface area contributed by atoms with Crippen LogP contribution in [0.15, 0.2) is 30.3 Å². The van der Waals surface area contributed by atoms with E-state index in [0.717, 1.165) is 5.56 Å². The minimum atomic E-state index is -0.333. The summed E-state index contributed by atoms with van der Waals surface area (Å²) in [6, 6.07) is 7.48. The number of benzene rings is 1. The summed E-state index contributed by atoms with van der Waals surface area (Å²) < 4.78 is 0. The maximum Gasteiger partial charge on any atom is 0.161 e. The SMILES string of the molecule is CC(C)(C)C(=O)/C=C/c1ccccc1N. The highest BCUT2D eigenvalue weighted by Gasteiger charge is 2.17. The van der Waals surface area contributed by atoms with E-state index in [4.69, 9.17) is 5.73 Å². The minimum Gasteiger partial charge on any atom is -0.398 e. The lowest BCUT2D eigenvalue weighted by atomic mass is 9.90. The molecule has 2 N–H and O–H groups in total. The number of allylic oxidation sites excluding steroid dienone is 1. The van der Waals surface area contributed by atoms with Crippen LogP contribution in [-0.2, 0) is 4.79 Å². The van der Waals surface area contributed by atoms with Gasteiger partial charge >= 0.3 is 0 Å². The molecule has 1 aromatic carbocycles. The second kappa shape index (κ2) is 4.30. The van der Waals surface area contributed by atoms with Crippen molar-refractivity contribution in [2.45, 2.75) is 20.8 Å². The number of hydrogen-bond donors (Lipinski definition) is 1. The van der Waals surface area contributed by atoms with Crippen LogP contribution in [0, 0.1) is 5.41 Å². The van der Waals surface area contributed by atoms with Gasteiger partial charge in [-0.15, -0.1) is 0 Å². The van der Waals surface area contributed by atoms with E-state index in [1.54, 1.807) is 12.2 Å². The normalized spacial score (nSPS) is 11.9. The molecule has 0 saturated carbocycles. The van der Waals surface area contributed by atoms with Gasteiger partial charge in [-0.3, -0.25) is 4.79 Å².